The summed E-state index contributed by atoms with van der Waals surface area (Å²) >= 11 is 5.31. The number of aryl methyl sites for hydroxylation is 1. The lowest BCUT2D eigenvalue weighted by Gasteiger charge is -2.12. The second-order valence-corrected chi connectivity index (χ2v) is 4.98. The van der Waals surface area contributed by atoms with Crippen LogP contribution in [-0.4, -0.2) is 9.55 Å². The number of halogens is 1. The van der Waals surface area contributed by atoms with Crippen LogP contribution in [0.4, 0.5) is 4.39 Å². The summed E-state index contributed by atoms with van der Waals surface area (Å²) in [7, 11) is 1.86. The van der Waals surface area contributed by atoms with Crippen molar-refractivity contribution < 1.29 is 4.39 Å². The van der Waals surface area contributed by atoms with Gasteiger partial charge in [-0.05, 0) is 24.6 Å². The number of aromatic nitrogens is 2. The van der Waals surface area contributed by atoms with Gasteiger partial charge in [0.25, 0.3) is 0 Å². The molecule has 0 bridgehead atoms. The third-order valence-corrected chi connectivity index (χ3v) is 3.66. The van der Waals surface area contributed by atoms with Crippen LogP contribution in [0.1, 0.15) is 16.8 Å². The Balaban J connectivity index is 2.11. The van der Waals surface area contributed by atoms with Gasteiger partial charge >= 0.3 is 0 Å². The van der Waals surface area contributed by atoms with Crippen molar-refractivity contribution in [2.24, 2.45) is 7.05 Å². The molecule has 3 nitrogen and oxygen atoms in total. The smallest absolute Gasteiger partial charge is 0.123 e. The first-order valence-electron chi connectivity index (χ1n) is 6.19. The molecule has 20 heavy (non-hydrogen) atoms. The fourth-order valence-electron chi connectivity index (χ4n) is 1.86. The van der Waals surface area contributed by atoms with E-state index >= 15 is 0 Å². The molecule has 0 saturated carbocycles. The molecule has 0 unspecified atom stereocenters. The van der Waals surface area contributed by atoms with Crippen molar-refractivity contribution in [2.75, 3.05) is 0 Å². The lowest BCUT2D eigenvalue weighted by molar-refractivity contribution is 0.626. The van der Waals surface area contributed by atoms with Crippen molar-refractivity contribution in [2.45, 2.75) is 13.5 Å². The molecule has 104 valence electrons. The van der Waals surface area contributed by atoms with Gasteiger partial charge in [-0.1, -0.05) is 30.9 Å². The van der Waals surface area contributed by atoms with Crippen molar-refractivity contribution in [3.63, 3.8) is 0 Å². The van der Waals surface area contributed by atoms with Crippen LogP contribution in [0.15, 0.2) is 37.2 Å². The molecule has 2 rings (SSSR count). The molecule has 1 aromatic carbocycles. The maximum atomic E-state index is 12.8. The number of nitrogens with zero attached hydrogens (tertiary/aromatic N) is 2. The van der Waals surface area contributed by atoms with Crippen molar-refractivity contribution in [3.05, 3.63) is 64.5 Å². The Kier molecular flexibility index (Phi) is 4.29. The van der Waals surface area contributed by atoms with Gasteiger partial charge in [-0.2, -0.15) is 0 Å². The number of nitrogens with one attached hydrogen (secondary N) is 1. The summed E-state index contributed by atoms with van der Waals surface area (Å²) in [5.74, 6) is -0.239. The van der Waals surface area contributed by atoms with Gasteiger partial charge in [0, 0.05) is 19.2 Å². The third-order valence-electron chi connectivity index (χ3n) is 3.06. The van der Waals surface area contributed by atoms with Gasteiger partial charge in [-0.15, -0.1) is 0 Å². The maximum absolute atomic E-state index is 12.8. The largest absolute Gasteiger partial charge is 0.380 e. The van der Waals surface area contributed by atoms with Crippen LogP contribution in [0.2, 0.25) is 0 Å². The van der Waals surface area contributed by atoms with Crippen molar-refractivity contribution >= 4 is 17.9 Å². The second kappa shape index (κ2) is 5.96. The zero-order valence-corrected chi connectivity index (χ0v) is 12.3. The van der Waals surface area contributed by atoms with Gasteiger partial charge < -0.3 is 9.88 Å². The first-order chi connectivity index (χ1) is 9.49. The molecule has 0 amide bonds. The molecule has 0 saturated heterocycles. The van der Waals surface area contributed by atoms with Crippen LogP contribution >= 0.6 is 12.2 Å². The van der Waals surface area contributed by atoms with Gasteiger partial charge in [0.15, 0.2) is 0 Å². The molecule has 0 aliphatic carbocycles. The minimum absolute atomic E-state index is 0.239. The SMILES string of the molecule is C=C(NCc1ccc(F)cc1)c1ncn(C)c(=S)c1C. The molecule has 0 radical (unpaired) electrons. The summed E-state index contributed by atoms with van der Waals surface area (Å²) in [6.07, 6.45) is 1.68. The molecule has 1 aromatic heterocycles. The maximum Gasteiger partial charge on any atom is 0.123 e. The third kappa shape index (κ3) is 3.11. The van der Waals surface area contributed by atoms with E-state index in [0.29, 0.717) is 12.2 Å². The van der Waals surface area contributed by atoms with Gasteiger partial charge in [0.05, 0.1) is 17.7 Å². The average molecular weight is 289 g/mol. The van der Waals surface area contributed by atoms with Crippen LogP contribution in [0, 0.1) is 17.4 Å². The van der Waals surface area contributed by atoms with Gasteiger partial charge in [-0.3, -0.25) is 0 Å². The average Bonchev–Trinajstić information content (AvgIpc) is 2.44. The Bertz CT molecular complexity index is 689. The summed E-state index contributed by atoms with van der Waals surface area (Å²) in [6.45, 7) is 6.48. The van der Waals surface area contributed by atoms with Crippen molar-refractivity contribution in [1.82, 2.24) is 14.9 Å². The van der Waals surface area contributed by atoms with Crippen LogP contribution in [-0.2, 0) is 13.6 Å². The minimum Gasteiger partial charge on any atom is -0.380 e. The first kappa shape index (κ1) is 14.4. The number of rotatable bonds is 4. The molecule has 0 fully saturated rings. The molecule has 0 atom stereocenters. The minimum atomic E-state index is -0.239. The summed E-state index contributed by atoms with van der Waals surface area (Å²) in [6, 6.07) is 6.35. The van der Waals surface area contributed by atoms with E-state index in [1.807, 2.05) is 14.0 Å². The van der Waals surface area contributed by atoms with Crippen LogP contribution in [0.3, 0.4) is 0 Å². The van der Waals surface area contributed by atoms with E-state index < -0.39 is 0 Å². The normalized spacial score (nSPS) is 10.3. The van der Waals surface area contributed by atoms with E-state index in [4.69, 9.17) is 12.2 Å². The number of benzene rings is 1. The highest BCUT2D eigenvalue weighted by Crippen LogP contribution is 2.14. The second-order valence-electron chi connectivity index (χ2n) is 4.59. The Morgan fingerprint density at radius 1 is 1.40 bits per heavy atom. The predicted molar refractivity (Wildman–Crippen MR) is 81.1 cm³/mol. The Morgan fingerprint density at radius 2 is 2.05 bits per heavy atom. The quantitative estimate of drug-likeness (QED) is 0.875. The lowest BCUT2D eigenvalue weighted by atomic mass is 10.2. The van der Waals surface area contributed by atoms with E-state index in [-0.39, 0.29) is 5.82 Å². The van der Waals surface area contributed by atoms with Crippen molar-refractivity contribution in [3.8, 4) is 0 Å². The highest BCUT2D eigenvalue weighted by Gasteiger charge is 2.07. The summed E-state index contributed by atoms with van der Waals surface area (Å²) in [5.41, 5.74) is 3.36. The van der Waals surface area contributed by atoms with E-state index in [2.05, 4.69) is 16.9 Å². The van der Waals surface area contributed by atoms with Crippen LogP contribution < -0.4 is 5.32 Å². The zero-order chi connectivity index (χ0) is 14.7. The first-order valence-corrected chi connectivity index (χ1v) is 6.59. The van der Waals surface area contributed by atoms with E-state index in [1.165, 1.54) is 12.1 Å². The molecule has 0 aliphatic rings. The topological polar surface area (TPSA) is 29.9 Å². The Morgan fingerprint density at radius 3 is 2.70 bits per heavy atom. The van der Waals surface area contributed by atoms with E-state index in [9.17, 15) is 4.39 Å². The highest BCUT2D eigenvalue weighted by molar-refractivity contribution is 7.71. The van der Waals surface area contributed by atoms with Crippen LogP contribution in [0.5, 0.6) is 0 Å². The van der Waals surface area contributed by atoms with Gasteiger partial charge in [-0.25, -0.2) is 9.37 Å². The fourth-order valence-corrected chi connectivity index (χ4v) is 2.00. The highest BCUT2D eigenvalue weighted by atomic mass is 32.1. The molecule has 5 heteroatoms. The molecule has 0 aliphatic heterocycles. The van der Waals surface area contributed by atoms with Crippen LogP contribution in [0.25, 0.3) is 5.70 Å². The molecule has 2 aromatic rings. The Labute approximate surface area is 122 Å². The van der Waals surface area contributed by atoms with Gasteiger partial charge in [0.2, 0.25) is 0 Å². The molecule has 1 N–H and O–H groups in total. The number of hydrogen-bond donors (Lipinski definition) is 1. The van der Waals surface area contributed by atoms with E-state index in [1.54, 1.807) is 23.0 Å². The lowest BCUT2D eigenvalue weighted by Crippen LogP contribution is -2.14. The van der Waals surface area contributed by atoms with Gasteiger partial charge in [0.1, 0.15) is 10.5 Å². The Hall–Kier alpha value is -2.01. The van der Waals surface area contributed by atoms with Crippen molar-refractivity contribution in [1.29, 1.82) is 0 Å². The summed E-state index contributed by atoms with van der Waals surface area (Å²) in [4.78, 5) is 4.34. The molecular formula is C15H16FN3S. The predicted octanol–water partition coefficient (Wildman–Crippen LogP) is 3.36. The molecular weight excluding hydrogens is 273 g/mol. The molecule has 0 spiro atoms. The zero-order valence-electron chi connectivity index (χ0n) is 11.5. The summed E-state index contributed by atoms with van der Waals surface area (Å²) in [5, 5.41) is 3.19. The standard InChI is InChI=1S/C15H16FN3S/c1-10-14(18-9-19(3)15(10)20)11(2)17-8-12-4-6-13(16)7-5-12/h4-7,9,17H,2,8H2,1,3H3. The number of hydrogen-bond acceptors (Lipinski definition) is 3. The fraction of sp³-hybridized carbons (Fsp3) is 0.200. The molecule has 1 heterocycles. The van der Waals surface area contributed by atoms with E-state index in [0.717, 1.165) is 21.5 Å². The monoisotopic (exact) mass is 289 g/mol. The summed E-state index contributed by atoms with van der Waals surface area (Å²) < 4.78 is 15.4.